The number of rotatable bonds is 4. The van der Waals surface area contributed by atoms with E-state index in [1.807, 2.05) is 0 Å². The second-order valence-corrected chi connectivity index (χ2v) is 3.10. The van der Waals surface area contributed by atoms with Crippen molar-refractivity contribution in [1.29, 1.82) is 0 Å². The molecule has 16 heavy (non-hydrogen) atoms. The van der Waals surface area contributed by atoms with Gasteiger partial charge in [-0.3, -0.25) is 19.7 Å². The van der Waals surface area contributed by atoms with E-state index < -0.39 is 15.9 Å². The predicted molar refractivity (Wildman–Crippen MR) is 55.2 cm³/mol. The number of aldehydes is 1. The molecular weight excluding hydrogens is 238 g/mol. The number of carbonyl (C=O) groups is 2. The largest absolute Gasteiger partial charge is 0.496 e. The first-order valence-electron chi connectivity index (χ1n) is 4.02. The molecule has 0 saturated heterocycles. The van der Waals surface area contributed by atoms with Gasteiger partial charge in [0.1, 0.15) is 11.3 Å². The summed E-state index contributed by atoms with van der Waals surface area (Å²) in [6.45, 7) is 0. The Bertz CT molecular complexity index is 436. The Morgan fingerprint density at radius 1 is 1.56 bits per heavy atom. The first-order valence-corrected chi connectivity index (χ1v) is 4.40. The highest BCUT2D eigenvalue weighted by atomic mass is 35.5. The van der Waals surface area contributed by atoms with E-state index in [0.29, 0.717) is 0 Å². The number of nitrogens with zero attached hydrogens (tertiary/aromatic N) is 1. The summed E-state index contributed by atoms with van der Waals surface area (Å²) in [5, 5.41) is 9.71. The summed E-state index contributed by atoms with van der Waals surface area (Å²) in [6, 6.07) is 2.22. The van der Waals surface area contributed by atoms with Crippen LogP contribution in [-0.4, -0.2) is 23.6 Å². The van der Waals surface area contributed by atoms with Crippen LogP contribution in [0.4, 0.5) is 5.69 Å². The van der Waals surface area contributed by atoms with E-state index in [9.17, 15) is 19.7 Å². The van der Waals surface area contributed by atoms with Crippen LogP contribution in [0.25, 0.3) is 0 Å². The van der Waals surface area contributed by atoms with Gasteiger partial charge >= 0.3 is 0 Å². The van der Waals surface area contributed by atoms with Crippen LogP contribution in [0.5, 0.6) is 5.75 Å². The Morgan fingerprint density at radius 2 is 2.19 bits per heavy atom. The van der Waals surface area contributed by atoms with Crippen molar-refractivity contribution in [2.75, 3.05) is 7.11 Å². The van der Waals surface area contributed by atoms with Crippen LogP contribution in [-0.2, 0) is 0 Å². The number of benzene rings is 1. The van der Waals surface area contributed by atoms with Gasteiger partial charge in [0.15, 0.2) is 6.29 Å². The van der Waals surface area contributed by atoms with Gasteiger partial charge in [0.25, 0.3) is 10.9 Å². The van der Waals surface area contributed by atoms with Crippen molar-refractivity contribution < 1.29 is 19.2 Å². The standard InChI is InChI=1S/C9H6ClNO5/c1-16-5-2-6(9(10)13)7(4-12)8(3-5)11(14)15/h2-4H,1H3. The van der Waals surface area contributed by atoms with Crippen LogP contribution < -0.4 is 4.74 Å². The molecule has 0 atom stereocenters. The molecule has 0 N–H and O–H groups in total. The van der Waals surface area contributed by atoms with Crippen molar-refractivity contribution in [3.8, 4) is 5.75 Å². The highest BCUT2D eigenvalue weighted by Crippen LogP contribution is 2.28. The van der Waals surface area contributed by atoms with Gasteiger partial charge in [-0.1, -0.05) is 0 Å². The molecule has 0 aliphatic heterocycles. The number of nitro benzene ring substituents is 1. The molecule has 0 aliphatic rings. The van der Waals surface area contributed by atoms with E-state index >= 15 is 0 Å². The molecule has 6 nitrogen and oxygen atoms in total. The zero-order valence-corrected chi connectivity index (χ0v) is 8.85. The van der Waals surface area contributed by atoms with Crippen LogP contribution in [0.2, 0.25) is 0 Å². The smallest absolute Gasteiger partial charge is 0.284 e. The molecule has 0 unspecified atom stereocenters. The summed E-state index contributed by atoms with van der Waals surface area (Å²) in [7, 11) is 1.28. The second kappa shape index (κ2) is 4.71. The monoisotopic (exact) mass is 243 g/mol. The van der Waals surface area contributed by atoms with E-state index in [-0.39, 0.29) is 23.2 Å². The minimum atomic E-state index is -0.955. The number of hydrogen-bond donors (Lipinski definition) is 0. The lowest BCUT2D eigenvalue weighted by Gasteiger charge is -2.04. The average molecular weight is 244 g/mol. The van der Waals surface area contributed by atoms with Gasteiger partial charge in [0, 0.05) is 0 Å². The molecule has 0 aromatic heterocycles. The van der Waals surface area contributed by atoms with E-state index in [1.165, 1.54) is 13.2 Å². The van der Waals surface area contributed by atoms with E-state index in [0.717, 1.165) is 6.07 Å². The second-order valence-electron chi connectivity index (χ2n) is 2.76. The number of methoxy groups -OCH3 is 1. The van der Waals surface area contributed by atoms with Crippen molar-refractivity contribution in [2.45, 2.75) is 0 Å². The van der Waals surface area contributed by atoms with Crippen molar-refractivity contribution >= 4 is 28.8 Å². The number of ether oxygens (including phenoxy) is 1. The lowest BCUT2D eigenvalue weighted by Crippen LogP contribution is -2.03. The molecule has 84 valence electrons. The van der Waals surface area contributed by atoms with Gasteiger partial charge in [0.2, 0.25) is 0 Å². The first-order chi connectivity index (χ1) is 7.51. The molecule has 1 aromatic rings. The molecule has 0 amide bonds. The zero-order chi connectivity index (χ0) is 12.3. The van der Waals surface area contributed by atoms with E-state index in [1.54, 1.807) is 0 Å². The molecule has 1 rings (SSSR count). The van der Waals surface area contributed by atoms with Crippen molar-refractivity contribution in [3.63, 3.8) is 0 Å². The van der Waals surface area contributed by atoms with Gasteiger partial charge in [-0.15, -0.1) is 0 Å². The molecule has 0 spiro atoms. The first kappa shape index (κ1) is 12.1. The predicted octanol–water partition coefficient (Wildman–Crippen LogP) is 1.79. The van der Waals surface area contributed by atoms with Crippen LogP contribution in [0.3, 0.4) is 0 Å². The molecule has 0 radical (unpaired) electrons. The Kier molecular flexibility index (Phi) is 3.57. The van der Waals surface area contributed by atoms with Gasteiger partial charge in [-0.05, 0) is 17.7 Å². The lowest BCUT2D eigenvalue weighted by atomic mass is 10.1. The third-order valence-corrected chi connectivity index (χ3v) is 2.10. The van der Waals surface area contributed by atoms with Gasteiger partial charge in [-0.2, -0.15) is 0 Å². The van der Waals surface area contributed by atoms with Gasteiger partial charge in [-0.25, -0.2) is 0 Å². The molecule has 0 aliphatic carbocycles. The fourth-order valence-corrected chi connectivity index (χ4v) is 1.32. The summed E-state index contributed by atoms with van der Waals surface area (Å²) in [4.78, 5) is 31.6. The van der Waals surface area contributed by atoms with Gasteiger partial charge in [0.05, 0.1) is 23.7 Å². The third kappa shape index (κ3) is 2.17. The molecule has 0 bridgehead atoms. The number of carbonyl (C=O) groups excluding carboxylic acids is 2. The Labute approximate surface area is 94.9 Å². The summed E-state index contributed by atoms with van der Waals surface area (Å²) in [5.41, 5.74) is -1.12. The molecule has 7 heteroatoms. The average Bonchev–Trinajstić information content (AvgIpc) is 2.26. The third-order valence-electron chi connectivity index (χ3n) is 1.89. The van der Waals surface area contributed by atoms with Crippen molar-refractivity contribution in [3.05, 3.63) is 33.4 Å². The highest BCUT2D eigenvalue weighted by Gasteiger charge is 2.22. The summed E-state index contributed by atoms with van der Waals surface area (Å²) in [5.74, 6) is 0.0845. The van der Waals surface area contributed by atoms with Gasteiger partial charge < -0.3 is 4.74 Å². The van der Waals surface area contributed by atoms with Crippen LogP contribution in [0, 0.1) is 10.1 Å². The van der Waals surface area contributed by atoms with Crippen molar-refractivity contribution in [2.24, 2.45) is 0 Å². The normalized spacial score (nSPS) is 9.62. The fourth-order valence-electron chi connectivity index (χ4n) is 1.17. The topological polar surface area (TPSA) is 86.5 Å². The minimum absolute atomic E-state index is 0.0845. The lowest BCUT2D eigenvalue weighted by molar-refractivity contribution is -0.385. The zero-order valence-electron chi connectivity index (χ0n) is 8.10. The fraction of sp³-hybridized carbons (Fsp3) is 0.111. The van der Waals surface area contributed by atoms with Crippen molar-refractivity contribution in [1.82, 2.24) is 0 Å². The van der Waals surface area contributed by atoms with E-state index in [4.69, 9.17) is 16.3 Å². The van der Waals surface area contributed by atoms with Crippen LogP contribution in [0.15, 0.2) is 12.1 Å². The van der Waals surface area contributed by atoms with E-state index in [2.05, 4.69) is 0 Å². The Morgan fingerprint density at radius 3 is 2.56 bits per heavy atom. The van der Waals surface area contributed by atoms with Crippen LogP contribution >= 0.6 is 11.6 Å². The summed E-state index contributed by atoms with van der Waals surface area (Å²) in [6.07, 6.45) is 0.215. The Hall–Kier alpha value is -1.95. The quantitative estimate of drug-likeness (QED) is 0.348. The molecule has 0 heterocycles. The maximum atomic E-state index is 11.0. The van der Waals surface area contributed by atoms with Crippen LogP contribution in [0.1, 0.15) is 20.7 Å². The highest BCUT2D eigenvalue weighted by molar-refractivity contribution is 6.68. The Balaban J connectivity index is 3.59. The maximum absolute atomic E-state index is 11.0. The number of hydrogen-bond acceptors (Lipinski definition) is 5. The maximum Gasteiger partial charge on any atom is 0.284 e. The number of halogens is 1. The molecular formula is C9H6ClNO5. The number of nitro groups is 1. The minimum Gasteiger partial charge on any atom is -0.496 e. The summed E-state index contributed by atoms with van der Waals surface area (Å²) < 4.78 is 4.76. The summed E-state index contributed by atoms with van der Waals surface area (Å²) >= 11 is 5.22. The molecule has 0 saturated carbocycles. The molecule has 0 fully saturated rings. The molecule has 1 aromatic carbocycles. The SMILES string of the molecule is COc1cc(C(=O)Cl)c(C=O)c([N+](=O)[O-])c1.